The van der Waals surface area contributed by atoms with E-state index in [2.05, 4.69) is 53.3 Å². The van der Waals surface area contributed by atoms with Crippen LogP contribution in [-0.2, 0) is 27.9 Å². The first-order chi connectivity index (χ1) is 7.96. The van der Waals surface area contributed by atoms with Crippen molar-refractivity contribution in [2.24, 2.45) is 0 Å². The maximum absolute atomic E-state index is 7.50. The molecule has 18 heavy (non-hydrogen) atoms. The van der Waals surface area contributed by atoms with E-state index in [4.69, 9.17) is 9.30 Å². The van der Waals surface area contributed by atoms with Crippen LogP contribution in [0.2, 0.25) is 0 Å². The van der Waals surface area contributed by atoms with Gasteiger partial charge in [-0.15, -0.1) is 15.8 Å². The van der Waals surface area contributed by atoms with Crippen LogP contribution in [0.5, 0.6) is 0 Å². The first-order valence-corrected chi connectivity index (χ1v) is 10.1. The van der Waals surface area contributed by atoms with Crippen molar-refractivity contribution < 1.29 is 27.9 Å². The Bertz CT molecular complexity index is 182. The van der Waals surface area contributed by atoms with Crippen LogP contribution in [0.3, 0.4) is 0 Å². The third-order valence-corrected chi connectivity index (χ3v) is 0.556. The third kappa shape index (κ3) is 133. The number of hydrogen-bond acceptors (Lipinski definition) is 0. The van der Waals surface area contributed by atoms with E-state index in [1.807, 2.05) is 30.7 Å². The fourth-order valence-electron chi connectivity index (χ4n) is 0.321. The minimum absolute atomic E-state index is 0. The topological polar surface area (TPSA) is 39.8 Å². The fourth-order valence-corrected chi connectivity index (χ4v) is 0.321. The fraction of sp³-hybridized carbons (Fsp3) is 0.462. The smallest absolute Gasteiger partial charge is 0.00506 e. The van der Waals surface area contributed by atoms with Crippen LogP contribution >= 0.6 is 15.8 Å². The quantitative estimate of drug-likeness (QED) is 0.368. The minimum Gasteiger partial charge on any atom is -0.0767 e. The maximum atomic E-state index is 7.50. The van der Waals surface area contributed by atoms with Gasteiger partial charge < -0.3 is 0 Å². The van der Waals surface area contributed by atoms with Gasteiger partial charge in [0, 0.05) is 25.0 Å². The molecule has 102 valence electrons. The van der Waals surface area contributed by atoms with Crippen molar-refractivity contribution in [3.8, 4) is 0 Å². The molecule has 0 saturated carbocycles. The predicted molar refractivity (Wildman–Crippen MR) is 79.8 cm³/mol. The van der Waals surface area contributed by atoms with Crippen molar-refractivity contribution in [1.29, 1.82) is 0 Å². The Morgan fingerprint density at radius 3 is 0.833 bits per heavy atom. The van der Waals surface area contributed by atoms with E-state index >= 15 is 0 Å². The second-order valence-electron chi connectivity index (χ2n) is 3.65. The number of rotatable bonds is 0. The molecular weight excluding hydrogens is 301 g/mol. The van der Waals surface area contributed by atoms with Crippen LogP contribution in [-0.4, -0.2) is 40.0 Å². The minimum atomic E-state index is 0. The molecule has 0 unspecified atom stereocenters. The average molecular weight is 324 g/mol. The Labute approximate surface area is 128 Å². The maximum Gasteiger partial charge on any atom is 0.00506 e. The molecule has 0 amide bonds. The van der Waals surface area contributed by atoms with E-state index in [9.17, 15) is 0 Å². The summed E-state index contributed by atoms with van der Waals surface area (Å²) < 4.78 is 15.0. The van der Waals surface area contributed by atoms with E-state index < -0.39 is 0 Å². The molecule has 0 saturated heterocycles. The largest absolute Gasteiger partial charge is 0.0767 e. The molecule has 1 rings (SSSR count). The summed E-state index contributed by atoms with van der Waals surface area (Å²) in [7, 11) is 0.759. The van der Waals surface area contributed by atoms with Crippen molar-refractivity contribution in [3.63, 3.8) is 0 Å². The van der Waals surface area contributed by atoms with Gasteiger partial charge in [-0.1, -0.05) is 24.3 Å². The Balaban J connectivity index is -0.0000000407. The van der Waals surface area contributed by atoms with Crippen molar-refractivity contribution in [2.45, 2.75) is 0 Å². The third-order valence-electron chi connectivity index (χ3n) is 0.556. The molecule has 0 spiro atoms. The molecule has 0 bridgehead atoms. The van der Waals surface area contributed by atoms with Crippen LogP contribution in [0, 0.1) is 19.7 Å². The van der Waals surface area contributed by atoms with Crippen molar-refractivity contribution in [1.82, 2.24) is 0 Å². The standard InChI is InChI=1S/C5H5.2C3H9P.2CO.V/c1-2-4-5-3-1;2*1-4(2)3;2*1-2;/h1-5H;2*1-3H3;;;. The molecule has 0 N–H and O–H groups in total. The molecular formula is C13H23O2P2V. The molecule has 5 heteroatoms. The van der Waals surface area contributed by atoms with Gasteiger partial charge in [0.15, 0.2) is 0 Å². The summed E-state index contributed by atoms with van der Waals surface area (Å²) in [5, 5.41) is 0. The summed E-state index contributed by atoms with van der Waals surface area (Å²) in [6, 6.07) is 0. The van der Waals surface area contributed by atoms with E-state index in [0.29, 0.717) is 15.8 Å². The van der Waals surface area contributed by atoms with Crippen LogP contribution in [0.25, 0.3) is 0 Å². The molecule has 2 nitrogen and oxygen atoms in total. The average Bonchev–Trinajstić information content (AvgIpc) is 2.79. The normalized spacial score (nSPS) is 9.11. The molecule has 0 heterocycles. The zero-order chi connectivity index (χ0) is 14.7. The monoisotopic (exact) mass is 324 g/mol. The Morgan fingerprint density at radius 2 is 0.778 bits per heavy atom. The van der Waals surface area contributed by atoms with Crippen molar-refractivity contribution in [2.75, 3.05) is 40.0 Å². The Morgan fingerprint density at radius 1 is 0.611 bits per heavy atom. The van der Waals surface area contributed by atoms with E-state index in [1.165, 1.54) is 0 Å². The van der Waals surface area contributed by atoms with E-state index in [0.717, 1.165) is 0 Å². The summed E-state index contributed by atoms with van der Waals surface area (Å²) in [6.07, 6.45) is 10.0. The van der Waals surface area contributed by atoms with E-state index in [1.54, 1.807) is 0 Å². The van der Waals surface area contributed by atoms with Crippen LogP contribution in [0.1, 0.15) is 0 Å². The molecule has 2 radical (unpaired) electrons. The van der Waals surface area contributed by atoms with Crippen LogP contribution in [0.15, 0.2) is 24.3 Å². The van der Waals surface area contributed by atoms with Crippen molar-refractivity contribution in [3.05, 3.63) is 44.0 Å². The van der Waals surface area contributed by atoms with Crippen LogP contribution < -0.4 is 0 Å². The summed E-state index contributed by atoms with van der Waals surface area (Å²) in [5.41, 5.74) is 0. The SMILES string of the molecule is CP(C)C.CP(C)C.[C-]#[O+].[C-]#[O+].[CH]1C=CC=C1.[V]. The molecule has 0 aromatic heterocycles. The zero-order valence-corrected chi connectivity index (χ0v) is 15.2. The molecule has 1 aliphatic carbocycles. The number of allylic oxidation sites excluding steroid dienone is 4. The van der Waals surface area contributed by atoms with Gasteiger partial charge in [-0.3, -0.25) is 0 Å². The molecule has 0 aromatic carbocycles. The van der Waals surface area contributed by atoms with Gasteiger partial charge in [-0.05, 0) is 40.0 Å². The summed E-state index contributed by atoms with van der Waals surface area (Å²) in [5.74, 6) is 0. The summed E-state index contributed by atoms with van der Waals surface area (Å²) in [4.78, 5) is 0. The summed E-state index contributed by atoms with van der Waals surface area (Å²) >= 11 is 0. The second kappa shape index (κ2) is 36.0. The Hall–Kier alpha value is 0.404. The molecule has 1 aliphatic rings. The second-order valence-corrected chi connectivity index (χ2v) is 9.01. The number of hydrogen-bond donors (Lipinski definition) is 0. The summed E-state index contributed by atoms with van der Waals surface area (Å²) in [6.45, 7) is 22.4. The van der Waals surface area contributed by atoms with Gasteiger partial charge >= 0.3 is 22.6 Å². The van der Waals surface area contributed by atoms with Crippen LogP contribution in [0.4, 0.5) is 0 Å². The van der Waals surface area contributed by atoms with Gasteiger partial charge in [0.2, 0.25) is 0 Å². The zero-order valence-electron chi connectivity index (χ0n) is 12.0. The van der Waals surface area contributed by atoms with Crippen molar-refractivity contribution >= 4 is 15.8 Å². The molecule has 0 aromatic rings. The molecule has 0 fully saturated rings. The Kier molecular flexibility index (Phi) is 62.1. The van der Waals surface area contributed by atoms with Gasteiger partial charge in [0.1, 0.15) is 0 Å². The molecule has 0 atom stereocenters. The van der Waals surface area contributed by atoms with Gasteiger partial charge in [0.25, 0.3) is 0 Å². The predicted octanol–water partition coefficient (Wildman–Crippen LogP) is 3.95. The van der Waals surface area contributed by atoms with Gasteiger partial charge in [-0.2, -0.15) is 0 Å². The van der Waals surface area contributed by atoms with E-state index in [-0.39, 0.29) is 18.6 Å². The first-order valence-electron chi connectivity index (χ1n) is 4.76. The van der Waals surface area contributed by atoms with Gasteiger partial charge in [0.05, 0.1) is 0 Å². The van der Waals surface area contributed by atoms with Gasteiger partial charge in [-0.25, -0.2) is 0 Å². The first kappa shape index (κ1) is 31.0. The molecule has 0 aliphatic heterocycles.